The Hall–Kier alpha value is -1.12. The molecule has 0 radical (unpaired) electrons. The monoisotopic (exact) mass is 322 g/mol. The first-order valence-electron chi connectivity index (χ1n) is 5.84. The summed E-state index contributed by atoms with van der Waals surface area (Å²) >= 11 is 0. The number of hydrogen-bond acceptors (Lipinski definition) is 3. The van der Waals surface area contributed by atoms with E-state index in [0.29, 0.717) is 0 Å². The highest BCUT2D eigenvalue weighted by Crippen LogP contribution is 2.39. The summed E-state index contributed by atoms with van der Waals surface area (Å²) in [5.74, 6) is 0. The fourth-order valence-corrected chi connectivity index (χ4v) is 6.86. The van der Waals surface area contributed by atoms with Crippen LogP contribution in [0.5, 0.6) is 0 Å². The average Bonchev–Trinajstić information content (AvgIpc) is 2.70. The second-order valence-corrected chi connectivity index (χ2v) is 10.9. The molecule has 1 aromatic rings. The van der Waals surface area contributed by atoms with Gasteiger partial charge in [0.05, 0.1) is 0 Å². The predicted octanol–water partition coefficient (Wildman–Crippen LogP) is 3.41. The Morgan fingerprint density at radius 1 is 1.20 bits per heavy atom. The number of halogens is 3. The first-order chi connectivity index (χ1) is 9.05. The summed E-state index contributed by atoms with van der Waals surface area (Å²) < 4.78 is 64.3. The van der Waals surface area contributed by atoms with E-state index in [0.717, 1.165) is 11.1 Å². The molecular weight excluding hydrogens is 309 g/mol. The van der Waals surface area contributed by atoms with Crippen molar-refractivity contribution in [2.45, 2.75) is 24.1 Å². The molecule has 0 N–H and O–H groups in total. The number of alkyl halides is 3. The molecule has 3 nitrogen and oxygen atoms in total. The molecule has 8 heteroatoms. The highest BCUT2D eigenvalue weighted by molar-refractivity contribution is 7.88. The summed E-state index contributed by atoms with van der Waals surface area (Å²) in [7, 11) is -8.73. The summed E-state index contributed by atoms with van der Waals surface area (Å²) in [5.41, 5.74) is -4.12. The van der Waals surface area contributed by atoms with Crippen LogP contribution in [-0.2, 0) is 14.0 Å². The number of fused-ring (bicyclic) bond motifs is 1. The van der Waals surface area contributed by atoms with Crippen LogP contribution in [0, 0.1) is 0 Å². The van der Waals surface area contributed by atoms with Crippen molar-refractivity contribution in [3.63, 3.8) is 0 Å². The maximum atomic E-state index is 12.4. The third-order valence-corrected chi connectivity index (χ3v) is 8.32. The van der Waals surface area contributed by atoms with Crippen LogP contribution in [0.4, 0.5) is 13.2 Å². The van der Waals surface area contributed by atoms with Crippen LogP contribution in [0.3, 0.4) is 0 Å². The zero-order chi connectivity index (χ0) is 15.2. The van der Waals surface area contributed by atoms with Crippen molar-refractivity contribution in [2.24, 2.45) is 0 Å². The van der Waals surface area contributed by atoms with Gasteiger partial charge in [-0.3, -0.25) is 0 Å². The van der Waals surface area contributed by atoms with Gasteiger partial charge in [-0.15, -0.1) is 0 Å². The van der Waals surface area contributed by atoms with Crippen LogP contribution >= 0.6 is 0 Å². The lowest BCUT2D eigenvalue weighted by molar-refractivity contribution is -0.0504. The number of benzene rings is 1. The quantitative estimate of drug-likeness (QED) is 0.633. The fourth-order valence-electron chi connectivity index (χ4n) is 2.24. The second-order valence-electron chi connectivity index (χ2n) is 5.05. The van der Waals surface area contributed by atoms with Crippen LogP contribution < -0.4 is 0 Å². The van der Waals surface area contributed by atoms with Gasteiger partial charge in [-0.1, -0.05) is 36.4 Å². The molecule has 1 aromatic carbocycles. The van der Waals surface area contributed by atoms with Gasteiger partial charge in [-0.25, -0.2) is 0 Å². The first-order valence-corrected chi connectivity index (χ1v) is 10.2. The summed E-state index contributed by atoms with van der Waals surface area (Å²) in [6.45, 7) is 2.93. The van der Waals surface area contributed by atoms with Crippen molar-refractivity contribution in [3.8, 4) is 0 Å². The molecule has 1 unspecified atom stereocenters. The van der Waals surface area contributed by atoms with Crippen molar-refractivity contribution < 1.29 is 25.5 Å². The summed E-state index contributed by atoms with van der Waals surface area (Å²) in [5, 5.41) is 0. The van der Waals surface area contributed by atoms with E-state index in [1.54, 1.807) is 24.3 Å². The van der Waals surface area contributed by atoms with Crippen molar-refractivity contribution >= 4 is 24.5 Å². The molecule has 0 heterocycles. The molecule has 0 aromatic heterocycles. The minimum atomic E-state index is -5.57. The predicted molar refractivity (Wildman–Crippen MR) is 71.8 cm³/mol. The zero-order valence-electron chi connectivity index (χ0n) is 10.8. The Kier molecular flexibility index (Phi) is 3.60. The molecule has 1 aliphatic carbocycles. The molecule has 2 rings (SSSR count). The van der Waals surface area contributed by atoms with Gasteiger partial charge in [0.1, 0.15) is 0 Å². The van der Waals surface area contributed by atoms with Gasteiger partial charge < -0.3 is 3.87 Å². The lowest BCUT2D eigenvalue weighted by atomic mass is 10.1. The summed E-state index contributed by atoms with van der Waals surface area (Å²) in [4.78, 5) is 0. The Balaban J connectivity index is 2.32. The Labute approximate surface area is 116 Å². The van der Waals surface area contributed by atoms with E-state index in [4.69, 9.17) is 0 Å². The molecule has 0 fully saturated rings. The van der Waals surface area contributed by atoms with Gasteiger partial charge in [0, 0.05) is 5.54 Å². The average molecular weight is 322 g/mol. The highest BCUT2D eigenvalue weighted by Gasteiger charge is 2.52. The van der Waals surface area contributed by atoms with Crippen LogP contribution in [0.15, 0.2) is 30.3 Å². The normalized spacial score (nSPS) is 19.1. The van der Waals surface area contributed by atoms with Gasteiger partial charge in [0.2, 0.25) is 8.32 Å². The maximum absolute atomic E-state index is 12.4. The lowest BCUT2D eigenvalue weighted by Crippen LogP contribution is -2.43. The third-order valence-electron chi connectivity index (χ3n) is 3.16. The second kappa shape index (κ2) is 4.71. The smallest absolute Gasteiger partial charge is 0.307 e. The number of rotatable bonds is 3. The van der Waals surface area contributed by atoms with E-state index in [1.807, 2.05) is 12.1 Å². The molecule has 0 bridgehead atoms. The van der Waals surface area contributed by atoms with Crippen LogP contribution in [-0.4, -0.2) is 22.2 Å². The minimum Gasteiger partial charge on any atom is -0.307 e. The summed E-state index contributed by atoms with van der Waals surface area (Å²) in [6, 6.07) is 7.18. The molecule has 0 aliphatic heterocycles. The van der Waals surface area contributed by atoms with E-state index in [-0.39, 0.29) is 0 Å². The highest BCUT2D eigenvalue weighted by atomic mass is 32.2. The Morgan fingerprint density at radius 3 is 2.40 bits per heavy atom. The number of hydrogen-bond donors (Lipinski definition) is 0. The fraction of sp³-hybridized carbons (Fsp3) is 0.333. The molecule has 0 amide bonds. The van der Waals surface area contributed by atoms with Gasteiger partial charge in [0.15, 0.2) is 0 Å². The SMILES string of the molecule is C[Si](C)(OS(=O)(=O)C(F)(F)F)C1C=Cc2ccccc21. The summed E-state index contributed by atoms with van der Waals surface area (Å²) in [6.07, 6.45) is 3.49. The molecule has 20 heavy (non-hydrogen) atoms. The molecule has 0 saturated carbocycles. The molecule has 1 atom stereocenters. The van der Waals surface area contributed by atoms with E-state index in [9.17, 15) is 21.6 Å². The zero-order valence-corrected chi connectivity index (χ0v) is 12.6. The Bertz CT molecular complexity index is 650. The van der Waals surface area contributed by atoms with E-state index < -0.39 is 29.5 Å². The van der Waals surface area contributed by atoms with E-state index in [1.165, 1.54) is 13.1 Å². The minimum absolute atomic E-state index is 0.421. The van der Waals surface area contributed by atoms with Gasteiger partial charge in [-0.05, 0) is 24.2 Å². The van der Waals surface area contributed by atoms with Gasteiger partial charge in [0.25, 0.3) is 0 Å². The molecule has 0 saturated heterocycles. The molecular formula is C12H13F3O3SSi. The first kappa shape index (κ1) is 15.3. The topological polar surface area (TPSA) is 43.4 Å². The molecule has 110 valence electrons. The van der Waals surface area contributed by atoms with Crippen molar-refractivity contribution in [2.75, 3.05) is 0 Å². The molecule has 0 spiro atoms. The number of allylic oxidation sites excluding steroid dienone is 1. The lowest BCUT2D eigenvalue weighted by Gasteiger charge is -2.28. The van der Waals surface area contributed by atoms with Gasteiger partial charge in [-0.2, -0.15) is 21.6 Å². The van der Waals surface area contributed by atoms with Crippen molar-refractivity contribution in [1.29, 1.82) is 0 Å². The van der Waals surface area contributed by atoms with Crippen molar-refractivity contribution in [1.82, 2.24) is 0 Å². The largest absolute Gasteiger partial charge is 0.522 e. The van der Waals surface area contributed by atoms with Crippen LogP contribution in [0.1, 0.15) is 16.7 Å². The standard InChI is InChI=1S/C12H13F3O3SSi/c1-20(2,18-19(16,17)12(13,14)15)11-8-7-9-5-3-4-6-10(9)11/h3-8,11H,1-2H3. The molecule has 1 aliphatic rings. The van der Waals surface area contributed by atoms with Crippen LogP contribution in [0.25, 0.3) is 6.08 Å². The van der Waals surface area contributed by atoms with Crippen LogP contribution in [0.2, 0.25) is 13.1 Å². The van der Waals surface area contributed by atoms with Gasteiger partial charge >= 0.3 is 15.6 Å². The van der Waals surface area contributed by atoms with Crippen molar-refractivity contribution in [3.05, 3.63) is 41.5 Å². The maximum Gasteiger partial charge on any atom is 0.522 e. The van der Waals surface area contributed by atoms with E-state index in [2.05, 4.69) is 3.87 Å². The Morgan fingerprint density at radius 2 is 1.80 bits per heavy atom. The third kappa shape index (κ3) is 2.68. The van der Waals surface area contributed by atoms with E-state index >= 15 is 0 Å².